The summed E-state index contributed by atoms with van der Waals surface area (Å²) < 4.78 is 0. The Bertz CT molecular complexity index is 515. The molecule has 0 bridgehead atoms. The molecule has 0 amide bonds. The third-order valence-electron chi connectivity index (χ3n) is 2.31. The number of hydrogen-bond donors (Lipinski definition) is 1. The molecule has 0 aliphatic carbocycles. The largest absolute Gasteiger partial charge is 0.323 e. The summed E-state index contributed by atoms with van der Waals surface area (Å²) in [7, 11) is 0. The Kier molecular flexibility index (Phi) is 5.58. The van der Waals surface area contributed by atoms with Gasteiger partial charge in [-0.05, 0) is 44.0 Å². The molecule has 0 fully saturated rings. The third kappa shape index (κ3) is 5.25. The first-order chi connectivity index (χ1) is 8.61. The zero-order valence-electron chi connectivity index (χ0n) is 11.1. The fraction of sp³-hybridized carbons (Fsp3) is 0.200. The van der Waals surface area contributed by atoms with Crippen molar-refractivity contribution in [2.45, 2.75) is 20.8 Å². The van der Waals surface area contributed by atoms with Crippen LogP contribution in [-0.2, 0) is 0 Å². The topological polar surface area (TPSA) is 51.3 Å². The van der Waals surface area contributed by atoms with E-state index >= 15 is 0 Å². The molecule has 0 aromatic carbocycles. The Labute approximate surface area is 108 Å². The normalized spacial score (nSPS) is 11.4. The highest BCUT2D eigenvalue weighted by Crippen LogP contribution is 2.05. The summed E-state index contributed by atoms with van der Waals surface area (Å²) in [5.41, 5.74) is 4.19. The average Bonchev–Trinajstić information content (AvgIpc) is 2.31. The van der Waals surface area contributed by atoms with E-state index in [2.05, 4.69) is 29.1 Å². The van der Waals surface area contributed by atoms with Crippen LogP contribution in [0.3, 0.4) is 0 Å². The SMILES string of the molecule is CC(/C=N\N)=C/c1ccc(C)cccnc(C)c1. The minimum Gasteiger partial charge on any atom is -0.323 e. The van der Waals surface area contributed by atoms with E-state index in [9.17, 15) is 0 Å². The molecule has 94 valence electrons. The van der Waals surface area contributed by atoms with Crippen LogP contribution in [0.5, 0.6) is 0 Å². The van der Waals surface area contributed by atoms with Crippen LogP contribution < -0.4 is 5.84 Å². The van der Waals surface area contributed by atoms with Gasteiger partial charge < -0.3 is 5.84 Å². The monoisotopic (exact) mass is 241 g/mol. The highest BCUT2D eigenvalue weighted by atomic mass is 15.1. The number of hydrogen-bond acceptors (Lipinski definition) is 3. The standard InChI is InChI=1S/C15H19N3/c1-12-5-4-8-17-14(3)10-15(7-6-12)9-13(2)11-18-16/h4-11H,16H2,1-3H3/b5-4?,7-6?,8-4?,12-5?,12-6?,13-9-,14-10?,15-7?,15-10?,17-8?,17-14?,18-11-. The number of aromatic nitrogens is 1. The maximum atomic E-state index is 5.13. The van der Waals surface area contributed by atoms with E-state index in [1.165, 1.54) is 5.56 Å². The molecule has 0 unspecified atom stereocenters. The van der Waals surface area contributed by atoms with Gasteiger partial charge in [-0.1, -0.05) is 29.8 Å². The Hall–Kier alpha value is -2.16. The summed E-state index contributed by atoms with van der Waals surface area (Å²) in [6, 6.07) is 10.1. The molecule has 1 rings (SSSR count). The smallest absolute Gasteiger partial charge is 0.0495 e. The molecule has 2 N–H and O–H groups in total. The quantitative estimate of drug-likeness (QED) is 0.491. The van der Waals surface area contributed by atoms with Crippen molar-refractivity contribution in [3.05, 3.63) is 58.9 Å². The Morgan fingerprint density at radius 1 is 1.28 bits per heavy atom. The van der Waals surface area contributed by atoms with E-state index < -0.39 is 0 Å². The van der Waals surface area contributed by atoms with E-state index in [-0.39, 0.29) is 0 Å². The van der Waals surface area contributed by atoms with Crippen LogP contribution in [0.25, 0.3) is 6.08 Å². The molecule has 3 nitrogen and oxygen atoms in total. The molecule has 0 aliphatic rings. The van der Waals surface area contributed by atoms with Crippen molar-refractivity contribution in [3.8, 4) is 0 Å². The maximum absolute atomic E-state index is 5.13. The first-order valence-corrected chi connectivity index (χ1v) is 5.81. The van der Waals surface area contributed by atoms with Gasteiger partial charge in [-0.15, -0.1) is 0 Å². The highest BCUT2D eigenvalue weighted by Gasteiger charge is 1.88. The first kappa shape index (κ1) is 13.9. The second-order valence-electron chi connectivity index (χ2n) is 4.17. The highest BCUT2D eigenvalue weighted by molar-refractivity contribution is 5.84. The molecular formula is C15H19N3. The number of allylic oxidation sites excluding steroid dienone is 1. The predicted molar refractivity (Wildman–Crippen MR) is 77.7 cm³/mol. The van der Waals surface area contributed by atoms with Crippen molar-refractivity contribution in [2.75, 3.05) is 0 Å². The summed E-state index contributed by atoms with van der Waals surface area (Å²) in [5, 5.41) is 3.51. The van der Waals surface area contributed by atoms with E-state index in [0.717, 1.165) is 16.8 Å². The minimum atomic E-state index is 0.951. The van der Waals surface area contributed by atoms with Crippen LogP contribution >= 0.6 is 0 Å². The second-order valence-corrected chi connectivity index (χ2v) is 4.17. The van der Waals surface area contributed by atoms with Crippen LogP contribution in [0, 0.1) is 13.8 Å². The van der Waals surface area contributed by atoms with Crippen molar-refractivity contribution in [1.82, 2.24) is 4.98 Å². The molecule has 0 atom stereocenters. The predicted octanol–water partition coefficient (Wildman–Crippen LogP) is 3.17. The zero-order valence-corrected chi connectivity index (χ0v) is 11.1. The van der Waals surface area contributed by atoms with E-state index in [1.54, 1.807) is 12.4 Å². The van der Waals surface area contributed by atoms with E-state index in [0.29, 0.717) is 0 Å². The lowest BCUT2D eigenvalue weighted by molar-refractivity contribution is 1.21. The summed E-state index contributed by atoms with van der Waals surface area (Å²) in [6.45, 7) is 5.98. The first-order valence-electron chi connectivity index (χ1n) is 5.81. The molecule has 1 heterocycles. The van der Waals surface area contributed by atoms with Gasteiger partial charge in [0.2, 0.25) is 0 Å². The van der Waals surface area contributed by atoms with Crippen molar-refractivity contribution in [3.63, 3.8) is 0 Å². The molecule has 0 saturated heterocycles. The van der Waals surface area contributed by atoms with Crippen molar-refractivity contribution in [1.29, 1.82) is 0 Å². The van der Waals surface area contributed by atoms with Crippen LogP contribution in [0.15, 0.2) is 47.2 Å². The Balaban J connectivity index is 3.34. The van der Waals surface area contributed by atoms with Gasteiger partial charge in [0.1, 0.15) is 0 Å². The third-order valence-corrected chi connectivity index (χ3v) is 2.31. The van der Waals surface area contributed by atoms with Crippen LogP contribution in [-0.4, -0.2) is 11.2 Å². The van der Waals surface area contributed by atoms with Crippen LogP contribution in [0.1, 0.15) is 23.7 Å². The zero-order chi connectivity index (χ0) is 13.4. The molecule has 0 radical (unpaired) electrons. The Morgan fingerprint density at radius 3 is 2.78 bits per heavy atom. The summed E-state index contributed by atoms with van der Waals surface area (Å²) in [5.74, 6) is 5.13. The van der Waals surface area contributed by atoms with Gasteiger partial charge in [-0.3, -0.25) is 4.98 Å². The van der Waals surface area contributed by atoms with Gasteiger partial charge >= 0.3 is 0 Å². The lowest BCUT2D eigenvalue weighted by Gasteiger charge is -1.94. The van der Waals surface area contributed by atoms with Gasteiger partial charge in [-0.2, -0.15) is 5.10 Å². The number of aryl methyl sites for hydroxylation is 2. The minimum absolute atomic E-state index is 0.951. The molecular weight excluding hydrogens is 222 g/mol. The molecule has 0 saturated carbocycles. The van der Waals surface area contributed by atoms with Gasteiger partial charge in [0.15, 0.2) is 0 Å². The lowest BCUT2D eigenvalue weighted by Crippen LogP contribution is -1.85. The summed E-state index contributed by atoms with van der Waals surface area (Å²) >= 11 is 0. The van der Waals surface area contributed by atoms with Crippen LogP contribution in [0.4, 0.5) is 0 Å². The average molecular weight is 241 g/mol. The number of nitrogens with two attached hydrogens (primary N) is 1. The molecule has 0 aliphatic heterocycles. The van der Waals surface area contributed by atoms with Crippen LogP contribution in [0.2, 0.25) is 0 Å². The van der Waals surface area contributed by atoms with E-state index in [1.807, 2.05) is 38.1 Å². The van der Waals surface area contributed by atoms with Crippen molar-refractivity contribution < 1.29 is 0 Å². The molecule has 0 spiro atoms. The van der Waals surface area contributed by atoms with Crippen molar-refractivity contribution >= 4 is 12.3 Å². The summed E-state index contributed by atoms with van der Waals surface area (Å²) in [4.78, 5) is 4.32. The number of hydrazone groups is 1. The van der Waals surface area contributed by atoms with Gasteiger partial charge in [-0.25, -0.2) is 0 Å². The molecule has 1 aromatic rings. The summed E-state index contributed by atoms with van der Waals surface area (Å²) in [6.07, 6.45) is 5.44. The fourth-order valence-electron chi connectivity index (χ4n) is 1.47. The van der Waals surface area contributed by atoms with Crippen molar-refractivity contribution in [2.24, 2.45) is 10.9 Å². The number of rotatable bonds is 2. The van der Waals surface area contributed by atoms with Gasteiger partial charge in [0.05, 0.1) is 0 Å². The lowest BCUT2D eigenvalue weighted by atomic mass is 10.1. The van der Waals surface area contributed by atoms with Gasteiger partial charge in [0.25, 0.3) is 0 Å². The molecule has 18 heavy (non-hydrogen) atoms. The maximum Gasteiger partial charge on any atom is 0.0495 e. The van der Waals surface area contributed by atoms with E-state index in [4.69, 9.17) is 5.84 Å². The molecule has 3 heteroatoms. The molecule has 1 aromatic heterocycles. The van der Waals surface area contributed by atoms with Gasteiger partial charge in [0, 0.05) is 18.1 Å². The number of nitrogens with zero attached hydrogens (tertiary/aromatic N) is 2. The fourth-order valence-corrected chi connectivity index (χ4v) is 1.47. The Morgan fingerprint density at radius 2 is 2.06 bits per heavy atom. The second kappa shape index (κ2) is 7.22.